The van der Waals surface area contributed by atoms with Gasteiger partial charge in [0, 0.05) is 6.04 Å². The molecule has 2 fully saturated rings. The Hall–Kier alpha value is -0.0400. The van der Waals surface area contributed by atoms with E-state index in [0.29, 0.717) is 5.41 Å². The highest BCUT2D eigenvalue weighted by atomic mass is 14.9. The summed E-state index contributed by atoms with van der Waals surface area (Å²) in [6.07, 6.45) is 14.7. The molecule has 0 amide bonds. The largest absolute Gasteiger partial charge is 0.316 e. The van der Waals surface area contributed by atoms with Crippen LogP contribution in [-0.2, 0) is 0 Å². The van der Waals surface area contributed by atoms with Gasteiger partial charge in [-0.25, -0.2) is 0 Å². The lowest BCUT2D eigenvalue weighted by molar-refractivity contribution is 0.166. The molecule has 1 unspecified atom stereocenters. The lowest BCUT2D eigenvalue weighted by Crippen LogP contribution is -2.43. The molecule has 0 aromatic rings. The number of hydrogen-bond acceptors (Lipinski definition) is 1. The van der Waals surface area contributed by atoms with Crippen LogP contribution in [0.3, 0.4) is 0 Å². The van der Waals surface area contributed by atoms with Gasteiger partial charge in [-0.1, -0.05) is 45.4 Å². The Balaban J connectivity index is 1.96. The van der Waals surface area contributed by atoms with Crippen molar-refractivity contribution in [3.05, 3.63) is 0 Å². The highest BCUT2D eigenvalue weighted by Crippen LogP contribution is 2.46. The van der Waals surface area contributed by atoms with E-state index in [0.717, 1.165) is 12.0 Å². The second-order valence-electron chi connectivity index (χ2n) is 6.15. The molecule has 1 N–H and O–H groups in total. The molecule has 0 aliphatic heterocycles. The highest BCUT2D eigenvalue weighted by Gasteiger charge is 2.39. The van der Waals surface area contributed by atoms with Crippen LogP contribution in [-0.4, -0.2) is 13.1 Å². The standard InChI is InChI=1S/C15H29N/c1-3-15(10-6-7-11-15)14(16-2)12-13-8-4-5-9-13/h13-14,16H,3-12H2,1-2H3. The van der Waals surface area contributed by atoms with Crippen molar-refractivity contribution in [2.45, 2.75) is 77.2 Å². The van der Waals surface area contributed by atoms with Crippen LogP contribution in [0.15, 0.2) is 0 Å². The van der Waals surface area contributed by atoms with Gasteiger partial charge in [-0.3, -0.25) is 0 Å². The molecule has 94 valence electrons. The lowest BCUT2D eigenvalue weighted by atomic mass is 9.73. The molecule has 2 rings (SSSR count). The van der Waals surface area contributed by atoms with E-state index in [1.807, 2.05) is 0 Å². The summed E-state index contributed by atoms with van der Waals surface area (Å²) >= 11 is 0. The van der Waals surface area contributed by atoms with Gasteiger partial charge >= 0.3 is 0 Å². The Kier molecular flexibility index (Phi) is 4.29. The molecule has 0 heterocycles. The van der Waals surface area contributed by atoms with Gasteiger partial charge in [0.15, 0.2) is 0 Å². The molecule has 0 aromatic heterocycles. The molecule has 0 saturated heterocycles. The highest BCUT2D eigenvalue weighted by molar-refractivity contribution is 4.94. The van der Waals surface area contributed by atoms with Crippen molar-refractivity contribution in [2.24, 2.45) is 11.3 Å². The summed E-state index contributed by atoms with van der Waals surface area (Å²) in [5.41, 5.74) is 0.650. The second-order valence-corrected chi connectivity index (χ2v) is 6.15. The van der Waals surface area contributed by atoms with E-state index in [9.17, 15) is 0 Å². The third-order valence-electron chi connectivity index (χ3n) is 5.43. The summed E-state index contributed by atoms with van der Waals surface area (Å²) in [5.74, 6) is 1.03. The van der Waals surface area contributed by atoms with Crippen molar-refractivity contribution in [1.82, 2.24) is 5.32 Å². The quantitative estimate of drug-likeness (QED) is 0.739. The van der Waals surface area contributed by atoms with Gasteiger partial charge in [-0.15, -0.1) is 0 Å². The van der Waals surface area contributed by atoms with Crippen LogP contribution in [0.2, 0.25) is 0 Å². The second kappa shape index (κ2) is 5.53. The van der Waals surface area contributed by atoms with Gasteiger partial charge in [0.25, 0.3) is 0 Å². The van der Waals surface area contributed by atoms with E-state index < -0.39 is 0 Å². The topological polar surface area (TPSA) is 12.0 Å². The average Bonchev–Trinajstić information content (AvgIpc) is 2.97. The summed E-state index contributed by atoms with van der Waals surface area (Å²) < 4.78 is 0. The fraction of sp³-hybridized carbons (Fsp3) is 1.00. The van der Waals surface area contributed by atoms with Crippen molar-refractivity contribution >= 4 is 0 Å². The number of hydrogen-bond donors (Lipinski definition) is 1. The first-order chi connectivity index (χ1) is 7.80. The summed E-state index contributed by atoms with van der Waals surface area (Å²) in [6, 6.07) is 0.795. The SMILES string of the molecule is CCC1(C(CC2CCCC2)NC)CCCC1. The van der Waals surface area contributed by atoms with Gasteiger partial charge in [0.05, 0.1) is 0 Å². The maximum absolute atomic E-state index is 3.66. The van der Waals surface area contributed by atoms with E-state index in [1.165, 1.54) is 64.2 Å². The third-order valence-corrected chi connectivity index (χ3v) is 5.43. The summed E-state index contributed by atoms with van der Waals surface area (Å²) in [6.45, 7) is 2.41. The number of rotatable bonds is 5. The molecule has 1 atom stereocenters. The molecule has 2 aliphatic rings. The normalized spacial score (nSPS) is 27.4. The van der Waals surface area contributed by atoms with Crippen molar-refractivity contribution in [2.75, 3.05) is 7.05 Å². The van der Waals surface area contributed by atoms with Crippen molar-refractivity contribution < 1.29 is 0 Å². The molecule has 0 bridgehead atoms. The van der Waals surface area contributed by atoms with Gasteiger partial charge in [-0.05, 0) is 44.1 Å². The molecule has 1 nitrogen and oxygen atoms in total. The van der Waals surface area contributed by atoms with Gasteiger partial charge < -0.3 is 5.32 Å². The maximum Gasteiger partial charge on any atom is 0.0123 e. The zero-order valence-electron chi connectivity index (χ0n) is 11.2. The van der Waals surface area contributed by atoms with Crippen molar-refractivity contribution in [3.8, 4) is 0 Å². The minimum absolute atomic E-state index is 0.650. The average molecular weight is 223 g/mol. The minimum Gasteiger partial charge on any atom is -0.316 e. The first kappa shape index (κ1) is 12.4. The Morgan fingerprint density at radius 2 is 1.75 bits per heavy atom. The van der Waals surface area contributed by atoms with Crippen LogP contribution in [0.1, 0.15) is 71.1 Å². The Labute approximate surface area is 101 Å². The third kappa shape index (κ3) is 2.45. The fourth-order valence-corrected chi connectivity index (χ4v) is 4.28. The molecule has 2 aliphatic carbocycles. The number of nitrogens with one attached hydrogen (secondary N) is 1. The molecule has 0 radical (unpaired) electrons. The predicted octanol–water partition coefficient (Wildman–Crippen LogP) is 4.13. The first-order valence-electron chi connectivity index (χ1n) is 7.48. The van der Waals surface area contributed by atoms with E-state index in [-0.39, 0.29) is 0 Å². The summed E-state index contributed by atoms with van der Waals surface area (Å²) in [7, 11) is 2.19. The molecule has 0 spiro atoms. The zero-order chi connectivity index (χ0) is 11.4. The summed E-state index contributed by atoms with van der Waals surface area (Å²) in [4.78, 5) is 0. The lowest BCUT2D eigenvalue weighted by Gasteiger charge is -2.38. The van der Waals surface area contributed by atoms with E-state index in [2.05, 4.69) is 19.3 Å². The van der Waals surface area contributed by atoms with Crippen LogP contribution < -0.4 is 5.32 Å². The van der Waals surface area contributed by atoms with Crippen LogP contribution in [0.4, 0.5) is 0 Å². The van der Waals surface area contributed by atoms with Gasteiger partial charge in [-0.2, -0.15) is 0 Å². The predicted molar refractivity (Wildman–Crippen MR) is 70.6 cm³/mol. The first-order valence-corrected chi connectivity index (χ1v) is 7.48. The fourth-order valence-electron chi connectivity index (χ4n) is 4.28. The molecule has 0 aromatic carbocycles. The zero-order valence-corrected chi connectivity index (χ0v) is 11.2. The van der Waals surface area contributed by atoms with E-state index >= 15 is 0 Å². The van der Waals surface area contributed by atoms with Crippen LogP contribution in [0.25, 0.3) is 0 Å². The van der Waals surface area contributed by atoms with Gasteiger partial charge in [0.1, 0.15) is 0 Å². The Morgan fingerprint density at radius 1 is 1.12 bits per heavy atom. The van der Waals surface area contributed by atoms with Gasteiger partial charge in [0.2, 0.25) is 0 Å². The minimum atomic E-state index is 0.650. The van der Waals surface area contributed by atoms with Crippen molar-refractivity contribution in [3.63, 3.8) is 0 Å². The molecule has 16 heavy (non-hydrogen) atoms. The molecule has 1 heteroatoms. The Bertz CT molecular complexity index is 199. The Morgan fingerprint density at radius 3 is 2.25 bits per heavy atom. The molecular weight excluding hydrogens is 194 g/mol. The van der Waals surface area contributed by atoms with Crippen LogP contribution in [0.5, 0.6) is 0 Å². The monoisotopic (exact) mass is 223 g/mol. The van der Waals surface area contributed by atoms with Crippen LogP contribution >= 0.6 is 0 Å². The van der Waals surface area contributed by atoms with E-state index in [4.69, 9.17) is 0 Å². The van der Waals surface area contributed by atoms with E-state index in [1.54, 1.807) is 0 Å². The van der Waals surface area contributed by atoms with Crippen molar-refractivity contribution in [1.29, 1.82) is 0 Å². The summed E-state index contributed by atoms with van der Waals surface area (Å²) in [5, 5.41) is 3.66. The van der Waals surface area contributed by atoms with Crippen LogP contribution in [0, 0.1) is 11.3 Å². The smallest absolute Gasteiger partial charge is 0.0123 e. The maximum atomic E-state index is 3.66. The molecule has 2 saturated carbocycles. The molecular formula is C15H29N.